The Balaban J connectivity index is 1.61. The number of rotatable bonds is 7. The summed E-state index contributed by atoms with van der Waals surface area (Å²) < 4.78 is 28.3. The summed E-state index contributed by atoms with van der Waals surface area (Å²) in [6.45, 7) is 2.75. The van der Waals surface area contributed by atoms with Gasteiger partial charge in [0, 0.05) is 13.1 Å². The van der Waals surface area contributed by atoms with Crippen LogP contribution in [0, 0.1) is 6.92 Å². The van der Waals surface area contributed by atoms with Crippen molar-refractivity contribution in [2.45, 2.75) is 37.5 Å². The minimum Gasteiger partial charge on any atom is -0.339 e. The number of anilines is 2. The molecule has 0 aliphatic carbocycles. The van der Waals surface area contributed by atoms with Crippen LogP contribution in [0.3, 0.4) is 0 Å². The molecule has 1 aliphatic rings. The van der Waals surface area contributed by atoms with E-state index in [4.69, 9.17) is 0 Å². The molecule has 8 heteroatoms. The Morgan fingerprint density at radius 1 is 0.833 bits per heavy atom. The van der Waals surface area contributed by atoms with Gasteiger partial charge in [0.05, 0.1) is 21.8 Å². The predicted octanol–water partition coefficient (Wildman–Crippen LogP) is 4.85. The molecule has 2 amide bonds. The van der Waals surface area contributed by atoms with Crippen molar-refractivity contribution in [2.24, 2.45) is 0 Å². The third-order valence-electron chi connectivity index (χ3n) is 6.33. The van der Waals surface area contributed by atoms with Crippen molar-refractivity contribution in [3.63, 3.8) is 0 Å². The molecule has 0 bridgehead atoms. The van der Waals surface area contributed by atoms with Gasteiger partial charge in [0.2, 0.25) is 5.91 Å². The zero-order valence-corrected chi connectivity index (χ0v) is 21.2. The number of amides is 2. The summed E-state index contributed by atoms with van der Waals surface area (Å²) in [5, 5.41) is 2.80. The average molecular weight is 506 g/mol. The molecule has 0 unspecified atom stereocenters. The maximum absolute atomic E-state index is 13.6. The first-order valence-corrected chi connectivity index (χ1v) is 13.6. The number of nitrogens with zero attached hydrogens (tertiary/aromatic N) is 2. The number of carbonyl (C=O) groups is 2. The predicted molar refractivity (Wildman–Crippen MR) is 142 cm³/mol. The van der Waals surface area contributed by atoms with Crippen LogP contribution in [0.25, 0.3) is 0 Å². The van der Waals surface area contributed by atoms with Crippen molar-refractivity contribution in [1.82, 2.24) is 4.90 Å². The number of carbonyl (C=O) groups excluding carboxylic acids is 2. The molecule has 1 saturated heterocycles. The molecule has 3 aromatic carbocycles. The highest BCUT2D eigenvalue weighted by Gasteiger charge is 2.29. The van der Waals surface area contributed by atoms with Gasteiger partial charge in [-0.15, -0.1) is 0 Å². The molecule has 0 aromatic heterocycles. The number of nitrogens with one attached hydrogen (secondary N) is 1. The number of hydrogen-bond acceptors (Lipinski definition) is 4. The van der Waals surface area contributed by atoms with Crippen molar-refractivity contribution in [1.29, 1.82) is 0 Å². The van der Waals surface area contributed by atoms with Crippen LogP contribution in [0.2, 0.25) is 0 Å². The molecule has 36 heavy (non-hydrogen) atoms. The normalized spacial score (nSPS) is 14.1. The van der Waals surface area contributed by atoms with E-state index >= 15 is 0 Å². The SMILES string of the molecule is Cc1ccccc1N(CC(=O)Nc1ccccc1C(=O)N1CCCCCC1)S(=O)(=O)c1ccccc1. The van der Waals surface area contributed by atoms with Crippen molar-refractivity contribution < 1.29 is 18.0 Å². The Morgan fingerprint density at radius 2 is 1.44 bits per heavy atom. The molecule has 4 rings (SSSR count). The number of aryl methyl sites for hydroxylation is 1. The molecule has 0 saturated carbocycles. The fourth-order valence-electron chi connectivity index (χ4n) is 4.41. The summed E-state index contributed by atoms with van der Waals surface area (Å²) in [7, 11) is -4.01. The van der Waals surface area contributed by atoms with E-state index in [9.17, 15) is 18.0 Å². The van der Waals surface area contributed by atoms with Gasteiger partial charge >= 0.3 is 0 Å². The number of benzene rings is 3. The lowest BCUT2D eigenvalue weighted by molar-refractivity contribution is -0.114. The highest BCUT2D eigenvalue weighted by Crippen LogP contribution is 2.27. The molecule has 1 N–H and O–H groups in total. The van der Waals surface area contributed by atoms with Gasteiger partial charge in [-0.1, -0.05) is 61.4 Å². The van der Waals surface area contributed by atoms with Crippen LogP contribution in [0.15, 0.2) is 83.8 Å². The first-order chi connectivity index (χ1) is 17.4. The minimum absolute atomic E-state index is 0.0952. The van der Waals surface area contributed by atoms with Crippen molar-refractivity contribution in [3.05, 3.63) is 90.0 Å². The third kappa shape index (κ3) is 5.76. The lowest BCUT2D eigenvalue weighted by Crippen LogP contribution is -2.39. The number of sulfonamides is 1. The molecule has 1 heterocycles. The molecule has 7 nitrogen and oxygen atoms in total. The number of para-hydroxylation sites is 2. The van der Waals surface area contributed by atoms with Crippen molar-refractivity contribution >= 4 is 33.2 Å². The first-order valence-electron chi connectivity index (χ1n) is 12.2. The molecule has 1 fully saturated rings. The van der Waals surface area contributed by atoms with Crippen LogP contribution in [-0.4, -0.2) is 44.8 Å². The summed E-state index contributed by atoms with van der Waals surface area (Å²) in [6.07, 6.45) is 4.13. The fourth-order valence-corrected chi connectivity index (χ4v) is 5.91. The Morgan fingerprint density at radius 3 is 2.14 bits per heavy atom. The Bertz CT molecular complexity index is 1320. The second-order valence-corrected chi connectivity index (χ2v) is 10.8. The molecule has 1 aliphatic heterocycles. The standard InChI is InChI=1S/C28H31N3O4S/c1-22-13-7-10-18-26(22)31(36(34,35)23-14-5-4-6-15-23)21-27(32)29-25-17-9-8-16-24(25)28(33)30-19-11-2-3-12-20-30/h4-10,13-18H,2-3,11-12,19-21H2,1H3,(H,29,32). The maximum Gasteiger partial charge on any atom is 0.264 e. The maximum atomic E-state index is 13.6. The van der Waals surface area contributed by atoms with Crippen LogP contribution >= 0.6 is 0 Å². The van der Waals surface area contributed by atoms with E-state index in [1.807, 2.05) is 11.0 Å². The Labute approximate surface area is 212 Å². The fraction of sp³-hybridized carbons (Fsp3) is 0.286. The van der Waals surface area contributed by atoms with Gasteiger partial charge in [0.1, 0.15) is 6.54 Å². The summed E-state index contributed by atoms with van der Waals surface area (Å²) in [5.41, 5.74) is 1.92. The van der Waals surface area contributed by atoms with Crippen LogP contribution < -0.4 is 9.62 Å². The second kappa shape index (κ2) is 11.4. The van der Waals surface area contributed by atoms with E-state index in [1.54, 1.807) is 67.6 Å². The van der Waals surface area contributed by atoms with Gasteiger partial charge in [0.15, 0.2) is 0 Å². The van der Waals surface area contributed by atoms with Crippen molar-refractivity contribution in [2.75, 3.05) is 29.3 Å². The lowest BCUT2D eigenvalue weighted by Gasteiger charge is -2.26. The number of hydrogen-bond donors (Lipinski definition) is 1. The smallest absolute Gasteiger partial charge is 0.264 e. The van der Waals surface area contributed by atoms with Crippen LogP contribution in [-0.2, 0) is 14.8 Å². The van der Waals surface area contributed by atoms with Gasteiger partial charge < -0.3 is 10.2 Å². The largest absolute Gasteiger partial charge is 0.339 e. The monoisotopic (exact) mass is 505 g/mol. The molecule has 0 atom stereocenters. The van der Waals surface area contributed by atoms with E-state index < -0.39 is 22.5 Å². The molecular weight excluding hydrogens is 474 g/mol. The van der Waals surface area contributed by atoms with Gasteiger partial charge in [-0.2, -0.15) is 0 Å². The van der Waals surface area contributed by atoms with Crippen LogP contribution in [0.4, 0.5) is 11.4 Å². The van der Waals surface area contributed by atoms with Crippen molar-refractivity contribution in [3.8, 4) is 0 Å². The van der Waals surface area contributed by atoms with Gasteiger partial charge in [-0.25, -0.2) is 8.42 Å². The van der Waals surface area contributed by atoms with Crippen LogP contribution in [0.5, 0.6) is 0 Å². The summed E-state index contributed by atoms with van der Waals surface area (Å²) >= 11 is 0. The van der Waals surface area contributed by atoms with E-state index in [0.29, 0.717) is 30.0 Å². The summed E-state index contributed by atoms with van der Waals surface area (Å²) in [6, 6.07) is 22.0. The van der Waals surface area contributed by atoms with E-state index in [0.717, 1.165) is 35.6 Å². The Kier molecular flexibility index (Phi) is 8.05. The Hall–Kier alpha value is -3.65. The molecule has 0 radical (unpaired) electrons. The summed E-state index contributed by atoms with van der Waals surface area (Å²) in [5.74, 6) is -0.658. The number of likely N-dealkylation sites (tertiary alicyclic amines) is 1. The average Bonchev–Trinajstić information content (AvgIpc) is 3.18. The van der Waals surface area contributed by atoms with E-state index in [-0.39, 0.29) is 10.8 Å². The van der Waals surface area contributed by atoms with Gasteiger partial charge in [-0.05, 0) is 55.7 Å². The second-order valence-electron chi connectivity index (χ2n) is 8.91. The quantitative estimate of drug-likeness (QED) is 0.498. The molecule has 0 spiro atoms. The minimum atomic E-state index is -4.01. The lowest BCUT2D eigenvalue weighted by atomic mass is 10.1. The molecule has 188 valence electrons. The third-order valence-corrected chi connectivity index (χ3v) is 8.10. The topological polar surface area (TPSA) is 86.8 Å². The zero-order chi connectivity index (χ0) is 25.5. The molecular formula is C28H31N3O4S. The molecule has 3 aromatic rings. The summed E-state index contributed by atoms with van der Waals surface area (Å²) in [4.78, 5) is 28.4. The van der Waals surface area contributed by atoms with E-state index in [2.05, 4.69) is 5.32 Å². The van der Waals surface area contributed by atoms with E-state index in [1.165, 1.54) is 12.1 Å². The first kappa shape index (κ1) is 25.4. The van der Waals surface area contributed by atoms with Crippen LogP contribution in [0.1, 0.15) is 41.6 Å². The highest BCUT2D eigenvalue weighted by atomic mass is 32.2. The zero-order valence-electron chi connectivity index (χ0n) is 20.4. The van der Waals surface area contributed by atoms with Gasteiger partial charge in [0.25, 0.3) is 15.9 Å². The highest BCUT2D eigenvalue weighted by molar-refractivity contribution is 7.92. The van der Waals surface area contributed by atoms with Gasteiger partial charge in [-0.3, -0.25) is 13.9 Å².